The van der Waals surface area contributed by atoms with Crippen molar-refractivity contribution in [3.05, 3.63) is 34.9 Å². The maximum atomic E-state index is 14.4. The Bertz CT molecular complexity index is 1190. The van der Waals surface area contributed by atoms with E-state index in [9.17, 15) is 23.2 Å². The monoisotopic (exact) mass is 587 g/mol. The van der Waals surface area contributed by atoms with E-state index in [4.69, 9.17) is 14.7 Å². The lowest BCUT2D eigenvalue weighted by Crippen LogP contribution is -2.52. The highest BCUT2D eigenvalue weighted by Crippen LogP contribution is 2.37. The summed E-state index contributed by atoms with van der Waals surface area (Å²) in [6, 6.07) is 3.87. The third-order valence-electron chi connectivity index (χ3n) is 9.25. The maximum Gasteiger partial charge on any atom is 0.410 e. The van der Waals surface area contributed by atoms with Gasteiger partial charge in [-0.15, -0.1) is 0 Å². The van der Waals surface area contributed by atoms with Crippen LogP contribution in [0.15, 0.2) is 12.1 Å². The molecule has 12 heteroatoms. The van der Waals surface area contributed by atoms with Gasteiger partial charge in [-0.3, -0.25) is 9.69 Å². The molecule has 0 N–H and O–H groups in total. The summed E-state index contributed by atoms with van der Waals surface area (Å²) < 4.78 is 39.7. The van der Waals surface area contributed by atoms with Crippen LogP contribution in [0.3, 0.4) is 0 Å². The van der Waals surface area contributed by atoms with Gasteiger partial charge in [-0.1, -0.05) is 0 Å². The summed E-state index contributed by atoms with van der Waals surface area (Å²) in [5.74, 6) is -1.01. The van der Waals surface area contributed by atoms with Crippen LogP contribution in [0, 0.1) is 34.8 Å². The molecule has 0 aromatic heterocycles. The average Bonchev–Trinajstić information content (AvgIpc) is 3.29. The molecule has 228 valence electrons. The lowest BCUT2D eigenvalue weighted by Gasteiger charge is -2.38. The molecule has 0 unspecified atom stereocenters. The Morgan fingerprint density at radius 2 is 1.64 bits per heavy atom. The number of rotatable bonds is 6. The van der Waals surface area contributed by atoms with Gasteiger partial charge >= 0.3 is 12.2 Å². The number of nitrogens with zero attached hydrogens (tertiary/aromatic N) is 5. The number of nitriles is 1. The van der Waals surface area contributed by atoms with Crippen molar-refractivity contribution in [1.29, 1.82) is 5.26 Å². The van der Waals surface area contributed by atoms with Crippen molar-refractivity contribution in [1.82, 2.24) is 19.6 Å². The largest absolute Gasteiger partial charge is 0.450 e. The Morgan fingerprint density at radius 3 is 2.24 bits per heavy atom. The Kier molecular flexibility index (Phi) is 9.16. The number of halogens is 2. The quantitative estimate of drug-likeness (QED) is 0.499. The molecule has 4 aliphatic rings. The lowest BCUT2D eigenvalue weighted by atomic mass is 9.81. The second-order valence-corrected chi connectivity index (χ2v) is 12.0. The number of piperazine rings is 1. The van der Waals surface area contributed by atoms with Gasteiger partial charge in [-0.2, -0.15) is 5.26 Å². The standard InChI is InChI=1S/C30H39F2N5O5/c1-2-41-28(39)36-13-11-35(12-14-36)27(38)23-5-3-21(4-6-23)18-37-20-30(42-29(37)40)7-9-34(10-8-30)19-24-25(31)15-22(17-33)16-26(24)32/h15-16,21,23H,2-14,18-20H2,1H3. The highest BCUT2D eigenvalue weighted by atomic mass is 19.1. The van der Waals surface area contributed by atoms with Gasteiger partial charge in [0, 0.05) is 76.7 Å². The second-order valence-electron chi connectivity index (χ2n) is 12.0. The molecule has 1 aromatic carbocycles. The number of benzene rings is 1. The van der Waals surface area contributed by atoms with Gasteiger partial charge in [-0.05, 0) is 50.7 Å². The fourth-order valence-corrected chi connectivity index (χ4v) is 6.74. The number of amides is 3. The van der Waals surface area contributed by atoms with E-state index in [0.717, 1.165) is 37.8 Å². The Labute approximate surface area is 245 Å². The third kappa shape index (κ3) is 6.61. The van der Waals surface area contributed by atoms with E-state index >= 15 is 0 Å². The number of piperidine rings is 1. The first kappa shape index (κ1) is 30.0. The number of hydrogen-bond donors (Lipinski definition) is 0. The van der Waals surface area contributed by atoms with E-state index in [2.05, 4.69) is 0 Å². The Morgan fingerprint density at radius 1 is 1.02 bits per heavy atom. The number of carbonyl (C=O) groups is 3. The van der Waals surface area contributed by atoms with Crippen molar-refractivity contribution < 1.29 is 32.6 Å². The molecule has 0 atom stereocenters. The Balaban J connectivity index is 1.05. The molecule has 1 saturated carbocycles. The van der Waals surface area contributed by atoms with Crippen LogP contribution in [0.1, 0.15) is 56.6 Å². The Hall–Kier alpha value is -3.46. The van der Waals surface area contributed by atoms with E-state index in [1.807, 2.05) is 9.80 Å². The molecule has 3 saturated heterocycles. The van der Waals surface area contributed by atoms with Gasteiger partial charge in [0.25, 0.3) is 0 Å². The van der Waals surface area contributed by atoms with Crippen molar-refractivity contribution in [2.24, 2.45) is 11.8 Å². The molecule has 0 bridgehead atoms. The van der Waals surface area contributed by atoms with Crippen LogP contribution in [0.4, 0.5) is 18.4 Å². The number of ether oxygens (including phenoxy) is 2. The van der Waals surface area contributed by atoms with Gasteiger partial charge in [0.05, 0.1) is 24.8 Å². The van der Waals surface area contributed by atoms with E-state index in [-0.39, 0.29) is 41.7 Å². The summed E-state index contributed by atoms with van der Waals surface area (Å²) in [6.07, 6.45) is 3.83. The molecular formula is C30H39F2N5O5. The number of hydrogen-bond acceptors (Lipinski definition) is 7. The van der Waals surface area contributed by atoms with Crippen LogP contribution >= 0.6 is 0 Å². The summed E-state index contributed by atoms with van der Waals surface area (Å²) in [5, 5.41) is 8.91. The van der Waals surface area contributed by atoms with Crippen LogP contribution in [0.2, 0.25) is 0 Å². The SMILES string of the molecule is CCOC(=O)N1CCN(C(=O)C2CCC(CN3CC4(CCN(Cc5c(F)cc(C#N)cc5F)CC4)OC3=O)CC2)CC1. The molecule has 5 rings (SSSR count). The van der Waals surface area contributed by atoms with Gasteiger partial charge in [0.15, 0.2) is 0 Å². The second kappa shape index (κ2) is 12.8. The van der Waals surface area contributed by atoms with Gasteiger partial charge < -0.3 is 24.2 Å². The molecule has 1 aliphatic carbocycles. The van der Waals surface area contributed by atoms with E-state index < -0.39 is 17.2 Å². The van der Waals surface area contributed by atoms with E-state index in [0.29, 0.717) is 77.7 Å². The molecule has 3 aliphatic heterocycles. The molecule has 4 fully saturated rings. The fourth-order valence-electron chi connectivity index (χ4n) is 6.74. The van der Waals surface area contributed by atoms with E-state index in [1.54, 1.807) is 22.8 Å². The predicted molar refractivity (Wildman–Crippen MR) is 147 cm³/mol. The van der Waals surface area contributed by atoms with Gasteiger partial charge in [0.2, 0.25) is 5.91 Å². The van der Waals surface area contributed by atoms with Crippen molar-refractivity contribution in [2.75, 3.05) is 59.0 Å². The minimum absolute atomic E-state index is 0.0256. The topological polar surface area (TPSA) is 106 Å². The zero-order valence-electron chi connectivity index (χ0n) is 24.2. The summed E-state index contributed by atoms with van der Waals surface area (Å²) in [4.78, 5) is 45.1. The van der Waals surface area contributed by atoms with Crippen LogP contribution in [-0.4, -0.2) is 102 Å². The molecule has 3 heterocycles. The predicted octanol–water partition coefficient (Wildman–Crippen LogP) is 3.73. The summed E-state index contributed by atoms with van der Waals surface area (Å²) in [5.41, 5.74) is -0.688. The maximum absolute atomic E-state index is 14.4. The average molecular weight is 588 g/mol. The third-order valence-corrected chi connectivity index (χ3v) is 9.25. The first-order valence-electron chi connectivity index (χ1n) is 15.0. The molecule has 0 radical (unpaired) electrons. The number of carbonyl (C=O) groups excluding carboxylic acids is 3. The number of likely N-dealkylation sites (tertiary alicyclic amines) is 1. The molecule has 10 nitrogen and oxygen atoms in total. The van der Waals surface area contributed by atoms with Gasteiger partial charge in [-0.25, -0.2) is 18.4 Å². The van der Waals surface area contributed by atoms with E-state index in [1.165, 1.54) is 0 Å². The van der Waals surface area contributed by atoms with Crippen LogP contribution < -0.4 is 0 Å². The van der Waals surface area contributed by atoms with Crippen LogP contribution in [0.5, 0.6) is 0 Å². The highest BCUT2D eigenvalue weighted by molar-refractivity contribution is 5.79. The minimum Gasteiger partial charge on any atom is -0.450 e. The van der Waals surface area contributed by atoms with Crippen LogP contribution in [-0.2, 0) is 20.8 Å². The first-order valence-corrected chi connectivity index (χ1v) is 15.0. The van der Waals surface area contributed by atoms with Crippen molar-refractivity contribution in [3.63, 3.8) is 0 Å². The lowest BCUT2D eigenvalue weighted by molar-refractivity contribution is -0.138. The van der Waals surface area contributed by atoms with Crippen LogP contribution in [0.25, 0.3) is 0 Å². The fraction of sp³-hybridized carbons (Fsp3) is 0.667. The van der Waals surface area contributed by atoms with Crippen molar-refractivity contribution in [3.8, 4) is 6.07 Å². The molecule has 3 amide bonds. The molecule has 1 aromatic rings. The summed E-state index contributed by atoms with van der Waals surface area (Å²) >= 11 is 0. The first-order chi connectivity index (χ1) is 20.2. The van der Waals surface area contributed by atoms with Crippen molar-refractivity contribution >= 4 is 18.1 Å². The summed E-state index contributed by atoms with van der Waals surface area (Å²) in [6.45, 7) is 6.41. The molecule has 42 heavy (non-hydrogen) atoms. The normalized spacial score (nSPS) is 24.4. The van der Waals surface area contributed by atoms with Gasteiger partial charge in [0.1, 0.15) is 17.2 Å². The minimum atomic E-state index is -0.724. The molecular weight excluding hydrogens is 548 g/mol. The smallest absolute Gasteiger partial charge is 0.410 e. The molecule has 1 spiro atoms. The zero-order valence-corrected chi connectivity index (χ0v) is 24.2. The highest BCUT2D eigenvalue weighted by Gasteiger charge is 2.47. The zero-order chi connectivity index (χ0) is 29.9. The van der Waals surface area contributed by atoms with Crippen molar-refractivity contribution in [2.45, 2.75) is 57.6 Å². The summed E-state index contributed by atoms with van der Waals surface area (Å²) in [7, 11) is 0.